The van der Waals surface area contributed by atoms with E-state index in [9.17, 15) is 4.39 Å². The average Bonchev–Trinajstić information content (AvgIpc) is 1.53. The van der Waals surface area contributed by atoms with Gasteiger partial charge in [0.05, 0.1) is 16.2 Å². The standard InChI is InChI=1S/C47H29NOS.C43H26FNS2.C43H27NS2/c1-2-11-29(12-3-1)34-16-10-19-43-46(34)37-27-32(22-24-42(37)49-43)48-33-21-23-40-45(28-33)50-44-20-9-8-18-39(44)47(40)38-17-7-6-15-35(38)36-25-30-13-4-5-14-31(30)26-41(36)47;44-27-21-19-26(20-22-27)29-11-7-12-32-41-37(16-8-18-39(41)47-42(29)32)45-28-23-24-36-40(25-28)46-38-17-6-5-15-35(38)43(36)33-13-3-1-9-30(33)31-10-2-4-14-34(31)43;1-2-10-27(11-3-1)28-18-23-39-34(24-28)33-21-19-29(25-41(33)45-39)44-30-20-22-38-42(26-30)46-40-17-9-8-16-37(40)43(38)35-14-6-4-12-31(35)32-13-5-7-15-36(32)43/h1-28,48H;1-25,45H;1-26,44H. The summed E-state index contributed by atoms with van der Waals surface area (Å²) in [7, 11) is 0. The number of thiophene rings is 2. The van der Waals surface area contributed by atoms with E-state index in [1.807, 2.05) is 58.8 Å². The first kappa shape index (κ1) is 83.7. The highest BCUT2D eigenvalue weighted by Gasteiger charge is 2.54. The van der Waals surface area contributed by atoms with Crippen molar-refractivity contribution < 1.29 is 8.81 Å². The lowest BCUT2D eigenvalue weighted by Gasteiger charge is -2.40. The Kier molecular flexibility index (Phi) is 19.4. The molecule has 3 aliphatic carbocycles. The van der Waals surface area contributed by atoms with Gasteiger partial charge in [-0.3, -0.25) is 0 Å². The smallest absolute Gasteiger partial charge is 0.136 e. The van der Waals surface area contributed by atoms with E-state index in [-0.39, 0.29) is 16.6 Å². The van der Waals surface area contributed by atoms with E-state index in [0.29, 0.717) is 0 Å². The summed E-state index contributed by atoms with van der Waals surface area (Å²) in [5.41, 5.74) is 38.3. The third-order valence-corrected chi connectivity index (χ3v) is 35.9. The van der Waals surface area contributed by atoms with Crippen molar-refractivity contribution in [2.24, 2.45) is 0 Å². The van der Waals surface area contributed by atoms with Crippen LogP contribution in [0.1, 0.15) is 66.8 Å². The van der Waals surface area contributed by atoms with Gasteiger partial charge in [0.25, 0.3) is 0 Å². The zero-order valence-electron chi connectivity index (χ0n) is 76.9. The minimum absolute atomic E-state index is 0.220. The molecule has 10 heteroatoms. The molecular formula is C133H82FN3OS5. The van der Waals surface area contributed by atoms with Crippen molar-refractivity contribution >= 4 is 165 Å². The summed E-state index contributed by atoms with van der Waals surface area (Å²) in [5, 5.41) is 21.2. The Balaban J connectivity index is 0.000000102. The highest BCUT2D eigenvalue weighted by molar-refractivity contribution is 8.00. The molecule has 1 atom stereocenters. The predicted octanol–water partition coefficient (Wildman–Crippen LogP) is 37.7. The van der Waals surface area contributed by atoms with Crippen LogP contribution in [0, 0.1) is 5.82 Å². The predicted molar refractivity (Wildman–Crippen MR) is 600 cm³/mol. The van der Waals surface area contributed by atoms with Gasteiger partial charge in [-0.05, 0) is 284 Å². The van der Waals surface area contributed by atoms with Crippen LogP contribution in [0.5, 0.6) is 0 Å². The van der Waals surface area contributed by atoms with Crippen molar-refractivity contribution in [3.05, 3.63) is 552 Å². The van der Waals surface area contributed by atoms with Crippen LogP contribution in [0.15, 0.2) is 513 Å². The summed E-state index contributed by atoms with van der Waals surface area (Å²) >= 11 is 9.27. The molecule has 3 spiro atoms. The molecule has 3 aromatic heterocycles. The molecule has 1 unspecified atom stereocenters. The van der Waals surface area contributed by atoms with Crippen molar-refractivity contribution in [1.82, 2.24) is 0 Å². The Morgan fingerprint density at radius 3 is 1.19 bits per heavy atom. The average molecular weight is 1920 g/mol. The third kappa shape index (κ3) is 13.0. The monoisotopic (exact) mass is 1920 g/mol. The lowest BCUT2D eigenvalue weighted by atomic mass is 9.67. The summed E-state index contributed by atoms with van der Waals surface area (Å²) < 4.78 is 25.1. The van der Waals surface area contributed by atoms with E-state index in [0.717, 1.165) is 67.2 Å². The van der Waals surface area contributed by atoms with E-state index in [2.05, 4.69) is 471 Å². The van der Waals surface area contributed by atoms with Gasteiger partial charge in [-0.25, -0.2) is 4.39 Å². The molecule has 0 saturated heterocycles. The molecule has 3 aliphatic heterocycles. The van der Waals surface area contributed by atoms with Crippen LogP contribution < -0.4 is 16.0 Å². The number of anilines is 6. The molecule has 6 aliphatic rings. The van der Waals surface area contributed by atoms with E-state index in [1.165, 1.54) is 215 Å². The fourth-order valence-corrected chi connectivity index (χ4v) is 30.4. The molecule has 0 bridgehead atoms. The molecule has 0 amide bonds. The lowest BCUT2D eigenvalue weighted by molar-refractivity contribution is 0.628. The maximum atomic E-state index is 13.7. The van der Waals surface area contributed by atoms with Gasteiger partial charge in [0.1, 0.15) is 17.0 Å². The van der Waals surface area contributed by atoms with Crippen LogP contribution in [-0.4, -0.2) is 0 Å². The molecule has 31 rings (SSSR count). The Hall–Kier alpha value is -16.3. The fourth-order valence-electron chi connectivity index (χ4n) is 24.3. The van der Waals surface area contributed by atoms with Gasteiger partial charge < -0.3 is 20.4 Å². The minimum Gasteiger partial charge on any atom is -0.456 e. The number of fused-ring (bicyclic) bond motifs is 37. The number of rotatable bonds is 9. The van der Waals surface area contributed by atoms with Crippen LogP contribution >= 0.6 is 58.0 Å². The molecular weight excluding hydrogens is 1830 g/mol. The van der Waals surface area contributed by atoms with Gasteiger partial charge >= 0.3 is 0 Å². The zero-order valence-corrected chi connectivity index (χ0v) is 81.0. The first-order valence-corrected chi connectivity index (χ1v) is 52.6. The number of hydrogen-bond acceptors (Lipinski definition) is 9. The van der Waals surface area contributed by atoms with Gasteiger partial charge in [0, 0.05) is 115 Å². The number of halogens is 1. The second-order valence-corrected chi connectivity index (χ2v) is 43.1. The van der Waals surface area contributed by atoms with E-state index < -0.39 is 5.41 Å². The lowest BCUT2D eigenvalue weighted by Crippen LogP contribution is -2.32. The zero-order chi connectivity index (χ0) is 94.2. The van der Waals surface area contributed by atoms with E-state index in [1.54, 1.807) is 11.3 Å². The minimum atomic E-state index is -0.409. The first-order chi connectivity index (χ1) is 70.7. The Bertz CT molecular complexity index is 9520. The molecule has 0 radical (unpaired) electrons. The van der Waals surface area contributed by atoms with Crippen LogP contribution in [0.2, 0.25) is 0 Å². The molecule has 25 aromatic rings. The number of benzene rings is 22. The van der Waals surface area contributed by atoms with Crippen molar-refractivity contribution in [2.75, 3.05) is 16.0 Å². The van der Waals surface area contributed by atoms with E-state index in [4.69, 9.17) is 4.42 Å². The van der Waals surface area contributed by atoms with Crippen LogP contribution in [-0.2, 0) is 16.2 Å². The van der Waals surface area contributed by atoms with Gasteiger partial charge in [0.2, 0.25) is 0 Å². The highest BCUT2D eigenvalue weighted by atomic mass is 32.2. The maximum absolute atomic E-state index is 13.7. The fraction of sp³-hybridized carbons (Fsp3) is 0.0226. The van der Waals surface area contributed by atoms with Gasteiger partial charge in [-0.2, -0.15) is 0 Å². The maximum Gasteiger partial charge on any atom is 0.136 e. The topological polar surface area (TPSA) is 49.2 Å². The number of nitrogens with one attached hydrogen (secondary N) is 3. The molecule has 0 saturated carbocycles. The van der Waals surface area contributed by atoms with Crippen molar-refractivity contribution in [3.8, 4) is 66.8 Å². The quantitative estimate of drug-likeness (QED) is 0.133. The van der Waals surface area contributed by atoms with Gasteiger partial charge in [-0.1, -0.05) is 375 Å². The normalized spacial score (nSPS) is 14.4. The molecule has 22 aromatic carbocycles. The molecule has 672 valence electrons. The number of hydrogen-bond donors (Lipinski definition) is 3. The largest absolute Gasteiger partial charge is 0.456 e. The molecule has 0 fully saturated rings. The second-order valence-electron chi connectivity index (χ2n) is 37.7. The Morgan fingerprint density at radius 1 is 0.203 bits per heavy atom. The Morgan fingerprint density at radius 2 is 0.622 bits per heavy atom. The molecule has 6 heterocycles. The Labute approximate surface area is 847 Å². The van der Waals surface area contributed by atoms with Crippen molar-refractivity contribution in [2.45, 2.75) is 45.6 Å². The van der Waals surface area contributed by atoms with Gasteiger partial charge in [-0.15, -0.1) is 22.7 Å². The van der Waals surface area contributed by atoms with E-state index >= 15 is 0 Å². The summed E-state index contributed by atoms with van der Waals surface area (Å²) in [5.74, 6) is -0.220. The molecule has 4 nitrogen and oxygen atoms in total. The summed E-state index contributed by atoms with van der Waals surface area (Å²) in [6, 6.07) is 174. The van der Waals surface area contributed by atoms with Crippen molar-refractivity contribution in [3.63, 3.8) is 0 Å². The van der Waals surface area contributed by atoms with Crippen LogP contribution in [0.25, 0.3) is 140 Å². The van der Waals surface area contributed by atoms with Crippen LogP contribution in [0.3, 0.4) is 0 Å². The molecule has 143 heavy (non-hydrogen) atoms. The summed E-state index contributed by atoms with van der Waals surface area (Å²) in [6.07, 6.45) is 0. The molecule has 3 N–H and O–H groups in total. The second kappa shape index (κ2) is 33.2. The summed E-state index contributed by atoms with van der Waals surface area (Å²) in [4.78, 5) is 7.74. The SMILES string of the molecule is Fc1ccc(-c2cccc3c2sc2cccc(Nc4ccc5c(c4)Sc4ccccc4C54c5ccccc5-c5ccccc54)c23)cc1.c1ccc(-c2ccc3sc4cc(Nc5ccc6c(c5)Sc5ccccc5C65c6ccccc6-c6ccccc65)ccc4c3c2)cc1.c1ccc(-c2cccc3oc4ccc(Nc5ccc6c(c5)Sc5ccccc5C65c6ccccc6-c6cc7ccccc7cc65)cc4c23)cc1. The summed E-state index contributed by atoms with van der Waals surface area (Å²) in [6.45, 7) is 0. The third-order valence-electron chi connectivity index (χ3n) is 30.2. The number of furan rings is 1. The van der Waals surface area contributed by atoms with Gasteiger partial charge in [0.15, 0.2) is 0 Å². The highest BCUT2D eigenvalue weighted by Crippen LogP contribution is 2.67. The first-order valence-electron chi connectivity index (χ1n) is 48.5. The van der Waals surface area contributed by atoms with Crippen LogP contribution in [0.4, 0.5) is 38.5 Å². The van der Waals surface area contributed by atoms with Crippen molar-refractivity contribution in [1.29, 1.82) is 0 Å².